The summed E-state index contributed by atoms with van der Waals surface area (Å²) in [7, 11) is 0. The zero-order valence-electron chi connectivity index (χ0n) is 13.6. The molecule has 1 aromatic rings. The summed E-state index contributed by atoms with van der Waals surface area (Å²) >= 11 is 6.21. The summed E-state index contributed by atoms with van der Waals surface area (Å²) in [5, 5.41) is 14.5. The summed E-state index contributed by atoms with van der Waals surface area (Å²) in [6.45, 7) is 6.79. The maximum Gasteiger partial charge on any atom is 0.317 e. The number of benzene rings is 1. The first kappa shape index (κ1) is 17.8. The molecule has 1 fully saturated rings. The Kier molecular flexibility index (Phi) is 6.08. The number of rotatable bonds is 5. The van der Waals surface area contributed by atoms with Crippen LogP contribution in [0.4, 0.5) is 4.79 Å². The summed E-state index contributed by atoms with van der Waals surface area (Å²) in [5.41, 5.74) is -0.208. The van der Waals surface area contributed by atoms with Crippen LogP contribution in [-0.4, -0.2) is 35.2 Å². The molecule has 2 N–H and O–H groups in total. The molecule has 0 saturated carbocycles. The first-order valence-corrected chi connectivity index (χ1v) is 8.51. The molecule has 0 aliphatic carbocycles. The molecule has 0 aromatic heterocycles. The second-order valence-corrected chi connectivity index (χ2v) is 6.48. The van der Waals surface area contributed by atoms with Gasteiger partial charge in [0.05, 0.1) is 5.60 Å². The Bertz CT molecular complexity index is 554. The van der Waals surface area contributed by atoms with Crippen molar-refractivity contribution in [2.75, 3.05) is 13.1 Å². The summed E-state index contributed by atoms with van der Waals surface area (Å²) < 4.78 is 0. The fourth-order valence-electron chi connectivity index (χ4n) is 2.98. The number of hydrogen-bond acceptors (Lipinski definition) is 2. The van der Waals surface area contributed by atoms with Crippen molar-refractivity contribution >= 4 is 17.6 Å². The Hall–Kier alpha value is -1.52. The van der Waals surface area contributed by atoms with Crippen molar-refractivity contribution in [1.82, 2.24) is 10.2 Å². The monoisotopic (exact) mass is 336 g/mol. The largest absolute Gasteiger partial charge is 0.385 e. The molecule has 1 aromatic carbocycles. The third-order valence-corrected chi connectivity index (χ3v) is 4.85. The van der Waals surface area contributed by atoms with Gasteiger partial charge in [-0.15, -0.1) is 6.58 Å². The van der Waals surface area contributed by atoms with Gasteiger partial charge in [-0.25, -0.2) is 4.79 Å². The molecule has 23 heavy (non-hydrogen) atoms. The quantitative estimate of drug-likeness (QED) is 0.806. The lowest BCUT2D eigenvalue weighted by Gasteiger charge is -2.39. The minimum Gasteiger partial charge on any atom is -0.385 e. The summed E-state index contributed by atoms with van der Waals surface area (Å²) in [5.74, 6) is 0. The van der Waals surface area contributed by atoms with E-state index in [1.165, 1.54) is 0 Å². The van der Waals surface area contributed by atoms with E-state index < -0.39 is 5.60 Å². The Balaban J connectivity index is 1.96. The van der Waals surface area contributed by atoms with Crippen molar-refractivity contribution in [3.8, 4) is 0 Å². The maximum atomic E-state index is 12.3. The Morgan fingerprint density at radius 2 is 2.13 bits per heavy atom. The van der Waals surface area contributed by atoms with E-state index in [2.05, 4.69) is 11.9 Å². The maximum absolute atomic E-state index is 12.3. The zero-order chi connectivity index (χ0) is 16.9. The molecule has 1 aliphatic heterocycles. The molecule has 0 radical (unpaired) electrons. The van der Waals surface area contributed by atoms with Gasteiger partial charge < -0.3 is 15.3 Å². The second-order valence-electron chi connectivity index (χ2n) is 6.08. The van der Waals surface area contributed by atoms with Crippen LogP contribution in [0.1, 0.15) is 38.2 Å². The minimum absolute atomic E-state index is 0.0695. The zero-order valence-corrected chi connectivity index (χ0v) is 14.4. The molecule has 1 atom stereocenters. The smallest absolute Gasteiger partial charge is 0.317 e. The fourth-order valence-corrected chi connectivity index (χ4v) is 3.29. The SMILES string of the molecule is C=CC[C@@H](CC)NC(=O)N1CCC(O)(c2ccccc2Cl)CC1. The number of hydrogen-bond donors (Lipinski definition) is 2. The van der Waals surface area contributed by atoms with Gasteiger partial charge in [-0.2, -0.15) is 0 Å². The number of aliphatic hydroxyl groups is 1. The van der Waals surface area contributed by atoms with Gasteiger partial charge in [-0.05, 0) is 31.7 Å². The third kappa shape index (κ3) is 4.27. The minimum atomic E-state index is -0.958. The molecule has 5 heteroatoms. The second kappa shape index (κ2) is 7.84. The molecule has 0 unspecified atom stereocenters. The first-order valence-electron chi connectivity index (χ1n) is 8.14. The van der Waals surface area contributed by atoms with Crippen LogP contribution in [0.2, 0.25) is 5.02 Å². The number of nitrogens with one attached hydrogen (secondary N) is 1. The van der Waals surface area contributed by atoms with Gasteiger partial charge in [-0.3, -0.25) is 0 Å². The van der Waals surface area contributed by atoms with Gasteiger partial charge in [0, 0.05) is 29.7 Å². The lowest BCUT2D eigenvalue weighted by atomic mass is 9.84. The van der Waals surface area contributed by atoms with E-state index in [0.29, 0.717) is 31.0 Å². The highest BCUT2D eigenvalue weighted by atomic mass is 35.5. The molecule has 126 valence electrons. The van der Waals surface area contributed by atoms with Crippen LogP contribution >= 0.6 is 11.6 Å². The predicted molar refractivity (Wildman–Crippen MR) is 93.6 cm³/mol. The summed E-state index contributed by atoms with van der Waals surface area (Å²) in [6.07, 6.45) is 4.43. The molecule has 1 saturated heterocycles. The molecule has 1 aliphatic rings. The van der Waals surface area contributed by atoms with Crippen LogP contribution in [0.15, 0.2) is 36.9 Å². The number of nitrogens with zero attached hydrogens (tertiary/aromatic N) is 1. The number of likely N-dealkylation sites (tertiary alicyclic amines) is 1. The van der Waals surface area contributed by atoms with Crippen LogP contribution in [0.25, 0.3) is 0 Å². The molecule has 0 spiro atoms. The number of halogens is 1. The van der Waals surface area contributed by atoms with Crippen LogP contribution in [-0.2, 0) is 5.60 Å². The number of amides is 2. The number of carbonyl (C=O) groups is 1. The van der Waals surface area contributed by atoms with Crippen LogP contribution < -0.4 is 5.32 Å². The standard InChI is InChI=1S/C18H25ClN2O2/c1-3-7-14(4-2)20-17(22)21-12-10-18(23,11-13-21)15-8-5-6-9-16(15)19/h3,5-6,8-9,14,23H,1,4,7,10-13H2,2H3,(H,20,22)/t14-/m1/s1. The highest BCUT2D eigenvalue weighted by molar-refractivity contribution is 6.31. The average Bonchev–Trinajstić information content (AvgIpc) is 2.55. The van der Waals surface area contributed by atoms with Crippen molar-refractivity contribution < 1.29 is 9.90 Å². The molecule has 4 nitrogen and oxygen atoms in total. The fraction of sp³-hybridized carbons (Fsp3) is 0.500. The number of urea groups is 1. The van der Waals surface area contributed by atoms with E-state index in [1.807, 2.05) is 31.2 Å². The lowest BCUT2D eigenvalue weighted by molar-refractivity contribution is -0.0169. The van der Waals surface area contributed by atoms with E-state index in [-0.39, 0.29) is 12.1 Å². The average molecular weight is 337 g/mol. The molecule has 2 amide bonds. The normalized spacial score (nSPS) is 18.3. The van der Waals surface area contributed by atoms with Crippen molar-refractivity contribution in [2.24, 2.45) is 0 Å². The summed E-state index contributed by atoms with van der Waals surface area (Å²) in [4.78, 5) is 14.1. The van der Waals surface area contributed by atoms with E-state index >= 15 is 0 Å². The highest BCUT2D eigenvalue weighted by Crippen LogP contribution is 2.36. The molecular formula is C18H25ClN2O2. The Morgan fingerprint density at radius 3 is 2.70 bits per heavy atom. The third-order valence-electron chi connectivity index (χ3n) is 4.52. The topological polar surface area (TPSA) is 52.6 Å². The number of piperidine rings is 1. The van der Waals surface area contributed by atoms with Gasteiger partial charge in [0.1, 0.15) is 0 Å². The van der Waals surface area contributed by atoms with Gasteiger partial charge >= 0.3 is 6.03 Å². The van der Waals surface area contributed by atoms with Gasteiger partial charge in [-0.1, -0.05) is 42.8 Å². The lowest BCUT2D eigenvalue weighted by Crippen LogP contribution is -2.50. The van der Waals surface area contributed by atoms with Crippen molar-refractivity contribution in [1.29, 1.82) is 0 Å². The highest BCUT2D eigenvalue weighted by Gasteiger charge is 2.36. The number of carbonyl (C=O) groups excluding carboxylic acids is 1. The van der Waals surface area contributed by atoms with Crippen molar-refractivity contribution in [3.05, 3.63) is 47.5 Å². The van der Waals surface area contributed by atoms with Gasteiger partial charge in [0.25, 0.3) is 0 Å². The van der Waals surface area contributed by atoms with Crippen LogP contribution in [0, 0.1) is 0 Å². The van der Waals surface area contributed by atoms with Crippen molar-refractivity contribution in [3.63, 3.8) is 0 Å². The summed E-state index contributed by atoms with van der Waals surface area (Å²) in [6, 6.07) is 7.41. The molecule has 1 heterocycles. The molecule has 2 rings (SSSR count). The molecular weight excluding hydrogens is 312 g/mol. The first-order chi connectivity index (χ1) is 11.0. The molecule has 0 bridgehead atoms. The van der Waals surface area contributed by atoms with E-state index in [0.717, 1.165) is 18.4 Å². The van der Waals surface area contributed by atoms with E-state index in [9.17, 15) is 9.90 Å². The van der Waals surface area contributed by atoms with E-state index in [4.69, 9.17) is 11.6 Å². The van der Waals surface area contributed by atoms with Crippen LogP contribution in [0.3, 0.4) is 0 Å². The van der Waals surface area contributed by atoms with Gasteiger partial charge in [0.15, 0.2) is 0 Å². The van der Waals surface area contributed by atoms with Gasteiger partial charge in [0.2, 0.25) is 0 Å². The van der Waals surface area contributed by atoms with Crippen molar-refractivity contribution in [2.45, 2.75) is 44.2 Å². The predicted octanol–water partition coefficient (Wildman–Crippen LogP) is 3.69. The Morgan fingerprint density at radius 1 is 1.48 bits per heavy atom. The van der Waals surface area contributed by atoms with Crippen LogP contribution in [0.5, 0.6) is 0 Å². The Labute approximate surface area is 143 Å². The van der Waals surface area contributed by atoms with E-state index in [1.54, 1.807) is 11.0 Å².